The van der Waals surface area contributed by atoms with Crippen LogP contribution in [-0.2, 0) is 6.42 Å². The molecule has 2 aromatic rings. The van der Waals surface area contributed by atoms with E-state index in [0.29, 0.717) is 18.8 Å². The van der Waals surface area contributed by atoms with E-state index in [0.717, 1.165) is 42.5 Å². The maximum Gasteiger partial charge on any atom is 0.287 e. The topological polar surface area (TPSA) is 91.5 Å². The van der Waals surface area contributed by atoms with Crippen molar-refractivity contribution in [2.24, 2.45) is 4.99 Å². The van der Waals surface area contributed by atoms with Crippen LogP contribution in [0.15, 0.2) is 27.9 Å². The second-order valence-corrected chi connectivity index (χ2v) is 7.16. The Bertz CT molecular complexity index is 723. The molecule has 7 nitrogen and oxygen atoms in total. The first-order chi connectivity index (χ1) is 12.6. The molecule has 0 bridgehead atoms. The van der Waals surface area contributed by atoms with Gasteiger partial charge in [-0.15, -0.1) is 11.3 Å². The van der Waals surface area contributed by atoms with Gasteiger partial charge in [-0.2, -0.15) is 0 Å². The van der Waals surface area contributed by atoms with Crippen molar-refractivity contribution in [1.29, 1.82) is 0 Å². The lowest BCUT2D eigenvalue weighted by Gasteiger charge is -2.10. The van der Waals surface area contributed by atoms with Crippen LogP contribution in [0.4, 0.5) is 0 Å². The Morgan fingerprint density at radius 2 is 2.12 bits per heavy atom. The lowest BCUT2D eigenvalue weighted by Crippen LogP contribution is -2.38. The van der Waals surface area contributed by atoms with Crippen LogP contribution in [0.5, 0.6) is 0 Å². The maximum absolute atomic E-state index is 11.9. The molecule has 2 aromatic heterocycles. The molecule has 0 fully saturated rings. The van der Waals surface area contributed by atoms with Gasteiger partial charge in [0.2, 0.25) is 0 Å². The molecule has 2 rings (SSSR count). The highest BCUT2D eigenvalue weighted by atomic mass is 32.1. The number of aryl methyl sites for hydroxylation is 2. The van der Waals surface area contributed by atoms with E-state index >= 15 is 0 Å². The van der Waals surface area contributed by atoms with Gasteiger partial charge in [0.1, 0.15) is 0 Å². The number of furan rings is 1. The van der Waals surface area contributed by atoms with Crippen molar-refractivity contribution in [3.05, 3.63) is 39.7 Å². The average molecular weight is 378 g/mol. The summed E-state index contributed by atoms with van der Waals surface area (Å²) in [5.41, 5.74) is 0.842. The van der Waals surface area contributed by atoms with Crippen LogP contribution in [0.2, 0.25) is 0 Å². The number of rotatable bonds is 9. The summed E-state index contributed by atoms with van der Waals surface area (Å²) < 4.78 is 5.17. The lowest BCUT2D eigenvalue weighted by molar-refractivity contribution is 0.0925. The van der Waals surface area contributed by atoms with E-state index in [1.807, 2.05) is 20.0 Å². The van der Waals surface area contributed by atoms with Crippen LogP contribution < -0.4 is 16.0 Å². The Kier molecular flexibility index (Phi) is 8.14. The summed E-state index contributed by atoms with van der Waals surface area (Å²) in [5.74, 6) is 0.982. The van der Waals surface area contributed by atoms with Crippen LogP contribution >= 0.6 is 11.3 Å². The Hall–Kier alpha value is -2.35. The molecule has 0 aliphatic heterocycles. The SMILES string of the molecule is CCNC(=NCCCNC(=O)c1occc1C)NCCc1ncc(C)s1. The van der Waals surface area contributed by atoms with Crippen LogP contribution in [0.3, 0.4) is 0 Å². The molecule has 0 aliphatic carbocycles. The summed E-state index contributed by atoms with van der Waals surface area (Å²) in [6.45, 7) is 8.72. The van der Waals surface area contributed by atoms with Gasteiger partial charge in [-0.3, -0.25) is 9.79 Å². The molecule has 1 amide bonds. The zero-order chi connectivity index (χ0) is 18.8. The Balaban J connectivity index is 1.67. The van der Waals surface area contributed by atoms with E-state index in [1.165, 1.54) is 11.1 Å². The summed E-state index contributed by atoms with van der Waals surface area (Å²) >= 11 is 1.72. The summed E-state index contributed by atoms with van der Waals surface area (Å²) in [7, 11) is 0. The zero-order valence-electron chi connectivity index (χ0n) is 15.6. The molecular formula is C18H27N5O2S. The third-order valence-electron chi connectivity index (χ3n) is 3.60. The quantitative estimate of drug-likeness (QED) is 0.354. The number of guanidine groups is 1. The average Bonchev–Trinajstić information content (AvgIpc) is 3.22. The summed E-state index contributed by atoms with van der Waals surface area (Å²) in [5, 5.41) is 10.5. The molecule has 0 radical (unpaired) electrons. The highest BCUT2D eigenvalue weighted by molar-refractivity contribution is 7.11. The van der Waals surface area contributed by atoms with E-state index in [2.05, 4.69) is 32.9 Å². The van der Waals surface area contributed by atoms with E-state index < -0.39 is 0 Å². The molecule has 0 saturated carbocycles. The van der Waals surface area contributed by atoms with Crippen LogP contribution in [0, 0.1) is 13.8 Å². The number of nitrogens with one attached hydrogen (secondary N) is 3. The number of nitrogens with zero attached hydrogens (tertiary/aromatic N) is 2. The highest BCUT2D eigenvalue weighted by Gasteiger charge is 2.11. The van der Waals surface area contributed by atoms with Gasteiger partial charge >= 0.3 is 0 Å². The standard InChI is InChI=1S/C18H27N5O2S/c1-4-19-18(22-10-6-15-23-12-14(3)26-15)21-9-5-8-20-17(24)16-13(2)7-11-25-16/h7,11-12H,4-6,8-10H2,1-3H3,(H,20,24)(H2,19,21,22). The van der Waals surface area contributed by atoms with Gasteiger partial charge in [-0.05, 0) is 33.3 Å². The molecule has 26 heavy (non-hydrogen) atoms. The van der Waals surface area contributed by atoms with Crippen molar-refractivity contribution in [1.82, 2.24) is 20.9 Å². The lowest BCUT2D eigenvalue weighted by atomic mass is 10.2. The molecule has 0 atom stereocenters. The van der Waals surface area contributed by atoms with Crippen molar-refractivity contribution in [2.75, 3.05) is 26.2 Å². The van der Waals surface area contributed by atoms with Crippen LogP contribution in [0.25, 0.3) is 0 Å². The third kappa shape index (κ3) is 6.51. The number of thiazole rings is 1. The van der Waals surface area contributed by atoms with Gasteiger partial charge < -0.3 is 20.4 Å². The fraction of sp³-hybridized carbons (Fsp3) is 0.500. The smallest absolute Gasteiger partial charge is 0.287 e. The Morgan fingerprint density at radius 1 is 1.27 bits per heavy atom. The first-order valence-corrected chi connectivity index (χ1v) is 9.67. The number of aliphatic imine (C=N–C) groups is 1. The second-order valence-electron chi connectivity index (χ2n) is 5.84. The highest BCUT2D eigenvalue weighted by Crippen LogP contribution is 2.11. The minimum absolute atomic E-state index is 0.180. The number of amides is 1. The largest absolute Gasteiger partial charge is 0.459 e. The van der Waals surface area contributed by atoms with Gasteiger partial charge in [0.15, 0.2) is 11.7 Å². The minimum Gasteiger partial charge on any atom is -0.459 e. The fourth-order valence-corrected chi connectivity index (χ4v) is 3.09. The van der Waals surface area contributed by atoms with Crippen molar-refractivity contribution in [2.45, 2.75) is 33.6 Å². The third-order valence-corrected chi connectivity index (χ3v) is 4.58. The Labute approximate surface area is 158 Å². The Morgan fingerprint density at radius 3 is 2.77 bits per heavy atom. The summed E-state index contributed by atoms with van der Waals surface area (Å²) in [6.07, 6.45) is 5.06. The summed E-state index contributed by atoms with van der Waals surface area (Å²) in [4.78, 5) is 22.1. The van der Waals surface area contributed by atoms with Gasteiger partial charge in [0.05, 0.1) is 11.3 Å². The van der Waals surface area contributed by atoms with Crippen molar-refractivity contribution in [3.8, 4) is 0 Å². The monoisotopic (exact) mass is 377 g/mol. The molecule has 3 N–H and O–H groups in total. The molecule has 0 aliphatic rings. The minimum atomic E-state index is -0.180. The van der Waals surface area contributed by atoms with E-state index in [4.69, 9.17) is 4.42 Å². The zero-order valence-corrected chi connectivity index (χ0v) is 16.4. The van der Waals surface area contributed by atoms with E-state index in [1.54, 1.807) is 17.4 Å². The molecule has 0 saturated heterocycles. The molecular weight excluding hydrogens is 350 g/mol. The molecule has 0 aromatic carbocycles. The van der Waals surface area contributed by atoms with Crippen molar-refractivity contribution >= 4 is 23.2 Å². The molecule has 8 heteroatoms. The van der Waals surface area contributed by atoms with Gasteiger partial charge in [-0.25, -0.2) is 4.98 Å². The number of hydrogen-bond donors (Lipinski definition) is 3. The number of hydrogen-bond acceptors (Lipinski definition) is 5. The second kappa shape index (κ2) is 10.6. The van der Waals surface area contributed by atoms with E-state index in [-0.39, 0.29) is 5.91 Å². The summed E-state index contributed by atoms with van der Waals surface area (Å²) in [6, 6.07) is 1.78. The first kappa shape index (κ1) is 20.0. The molecule has 0 spiro atoms. The van der Waals surface area contributed by atoms with Crippen LogP contribution in [-0.4, -0.2) is 43.0 Å². The number of carbonyl (C=O) groups excluding carboxylic acids is 1. The maximum atomic E-state index is 11.9. The van der Waals surface area contributed by atoms with Gasteiger partial charge in [-0.1, -0.05) is 0 Å². The van der Waals surface area contributed by atoms with Crippen molar-refractivity contribution < 1.29 is 9.21 Å². The number of aromatic nitrogens is 1. The fourth-order valence-electron chi connectivity index (χ4n) is 2.30. The van der Waals surface area contributed by atoms with Crippen molar-refractivity contribution in [3.63, 3.8) is 0 Å². The predicted octanol–water partition coefficient (Wildman–Crippen LogP) is 2.27. The first-order valence-electron chi connectivity index (χ1n) is 8.86. The van der Waals surface area contributed by atoms with Crippen LogP contribution in [0.1, 0.15) is 39.3 Å². The molecule has 2 heterocycles. The van der Waals surface area contributed by atoms with E-state index in [9.17, 15) is 4.79 Å². The normalized spacial score (nSPS) is 11.4. The predicted molar refractivity (Wildman–Crippen MR) is 105 cm³/mol. The van der Waals surface area contributed by atoms with Gasteiger partial charge in [0, 0.05) is 49.2 Å². The number of carbonyl (C=O) groups is 1. The van der Waals surface area contributed by atoms with Gasteiger partial charge in [0.25, 0.3) is 5.91 Å². The molecule has 0 unspecified atom stereocenters. The molecule has 142 valence electrons.